The standard InChI is InChI=1S/C8H9N5O/c1-4-10-3-6(7(9)11-4)8-12-5(2)14-13-8/h3H,1-2H3,(H2,9,10,11). The third-order valence-electron chi connectivity index (χ3n) is 1.71. The fourth-order valence-corrected chi connectivity index (χ4v) is 1.07. The minimum absolute atomic E-state index is 0.360. The van der Waals surface area contributed by atoms with Crippen LogP contribution in [0.15, 0.2) is 10.7 Å². The molecule has 2 aromatic rings. The van der Waals surface area contributed by atoms with Gasteiger partial charge in [-0.05, 0) is 6.92 Å². The minimum Gasteiger partial charge on any atom is -0.383 e. The lowest BCUT2D eigenvalue weighted by Crippen LogP contribution is -1.99. The van der Waals surface area contributed by atoms with E-state index in [1.54, 1.807) is 20.0 Å². The third-order valence-corrected chi connectivity index (χ3v) is 1.71. The van der Waals surface area contributed by atoms with Crippen LogP contribution in [0.25, 0.3) is 11.4 Å². The Balaban J connectivity index is 2.52. The molecule has 0 saturated carbocycles. The van der Waals surface area contributed by atoms with Crippen molar-refractivity contribution in [3.63, 3.8) is 0 Å². The summed E-state index contributed by atoms with van der Waals surface area (Å²) in [5.74, 6) is 1.88. The van der Waals surface area contributed by atoms with Gasteiger partial charge in [0.05, 0.1) is 5.56 Å². The van der Waals surface area contributed by atoms with Crippen LogP contribution in [0.2, 0.25) is 0 Å². The largest absolute Gasteiger partial charge is 0.383 e. The van der Waals surface area contributed by atoms with Crippen molar-refractivity contribution in [2.75, 3.05) is 5.73 Å². The van der Waals surface area contributed by atoms with Gasteiger partial charge < -0.3 is 10.3 Å². The maximum atomic E-state index is 5.69. The van der Waals surface area contributed by atoms with Crippen LogP contribution in [0, 0.1) is 13.8 Å². The van der Waals surface area contributed by atoms with E-state index in [2.05, 4.69) is 20.1 Å². The first-order valence-corrected chi connectivity index (χ1v) is 4.06. The van der Waals surface area contributed by atoms with Gasteiger partial charge in [0.2, 0.25) is 11.7 Å². The van der Waals surface area contributed by atoms with Crippen molar-refractivity contribution in [2.24, 2.45) is 0 Å². The molecule has 2 rings (SSSR count). The van der Waals surface area contributed by atoms with Crippen LogP contribution in [0.4, 0.5) is 5.82 Å². The first kappa shape index (κ1) is 8.61. The van der Waals surface area contributed by atoms with E-state index in [-0.39, 0.29) is 0 Å². The number of anilines is 1. The Bertz CT molecular complexity index is 465. The molecular weight excluding hydrogens is 182 g/mol. The maximum absolute atomic E-state index is 5.69. The Labute approximate surface area is 80.2 Å². The van der Waals surface area contributed by atoms with Crippen molar-refractivity contribution in [1.82, 2.24) is 20.1 Å². The molecule has 0 aromatic carbocycles. The molecule has 2 heterocycles. The van der Waals surface area contributed by atoms with Gasteiger partial charge in [0.15, 0.2) is 0 Å². The Morgan fingerprint density at radius 3 is 2.64 bits per heavy atom. The Kier molecular flexibility index (Phi) is 1.88. The van der Waals surface area contributed by atoms with E-state index in [0.717, 1.165) is 0 Å². The fraction of sp³-hybridized carbons (Fsp3) is 0.250. The highest BCUT2D eigenvalue weighted by atomic mass is 16.5. The predicted molar refractivity (Wildman–Crippen MR) is 49.2 cm³/mol. The quantitative estimate of drug-likeness (QED) is 0.714. The molecular formula is C8H9N5O. The summed E-state index contributed by atoms with van der Waals surface area (Å²) in [6, 6.07) is 0. The van der Waals surface area contributed by atoms with Crippen molar-refractivity contribution < 1.29 is 4.52 Å². The lowest BCUT2D eigenvalue weighted by Gasteiger charge is -1.99. The molecule has 0 unspecified atom stereocenters. The molecule has 0 saturated heterocycles. The highest BCUT2D eigenvalue weighted by Crippen LogP contribution is 2.19. The van der Waals surface area contributed by atoms with Gasteiger partial charge in [0.1, 0.15) is 11.6 Å². The van der Waals surface area contributed by atoms with Crippen LogP contribution < -0.4 is 5.73 Å². The van der Waals surface area contributed by atoms with E-state index in [4.69, 9.17) is 10.3 Å². The minimum atomic E-state index is 0.360. The number of nitrogen functional groups attached to an aromatic ring is 1. The first-order valence-electron chi connectivity index (χ1n) is 4.06. The number of nitrogens with two attached hydrogens (primary N) is 1. The molecule has 0 aliphatic rings. The van der Waals surface area contributed by atoms with Crippen LogP contribution in [0.3, 0.4) is 0 Å². The van der Waals surface area contributed by atoms with E-state index >= 15 is 0 Å². The zero-order valence-corrected chi connectivity index (χ0v) is 7.85. The van der Waals surface area contributed by atoms with E-state index in [1.807, 2.05) is 0 Å². The van der Waals surface area contributed by atoms with E-state index in [1.165, 1.54) is 0 Å². The van der Waals surface area contributed by atoms with Gasteiger partial charge in [-0.3, -0.25) is 0 Å². The van der Waals surface area contributed by atoms with Crippen molar-refractivity contribution in [1.29, 1.82) is 0 Å². The number of aryl methyl sites for hydroxylation is 2. The predicted octanol–water partition coefficient (Wildman–Crippen LogP) is 0.726. The summed E-state index contributed by atoms with van der Waals surface area (Å²) < 4.78 is 4.83. The molecule has 0 aliphatic carbocycles. The SMILES string of the molecule is Cc1ncc(-c2noc(C)n2)c(N)n1. The number of nitrogens with zero attached hydrogens (tertiary/aromatic N) is 4. The summed E-state index contributed by atoms with van der Waals surface area (Å²) in [6.45, 7) is 3.48. The molecule has 0 amide bonds. The topological polar surface area (TPSA) is 90.7 Å². The summed E-state index contributed by atoms with van der Waals surface area (Å²) in [7, 11) is 0. The van der Waals surface area contributed by atoms with Crippen molar-refractivity contribution in [2.45, 2.75) is 13.8 Å². The summed E-state index contributed by atoms with van der Waals surface area (Å²) in [4.78, 5) is 12.1. The second-order valence-corrected chi connectivity index (χ2v) is 2.85. The number of rotatable bonds is 1. The normalized spacial score (nSPS) is 10.4. The van der Waals surface area contributed by atoms with E-state index < -0.39 is 0 Å². The van der Waals surface area contributed by atoms with Crippen LogP contribution >= 0.6 is 0 Å². The van der Waals surface area contributed by atoms with Crippen LogP contribution in [0.5, 0.6) is 0 Å². The second kappa shape index (κ2) is 3.06. The van der Waals surface area contributed by atoms with Gasteiger partial charge in [0, 0.05) is 13.1 Å². The Morgan fingerprint density at radius 1 is 1.29 bits per heavy atom. The van der Waals surface area contributed by atoms with Crippen molar-refractivity contribution >= 4 is 5.82 Å². The van der Waals surface area contributed by atoms with E-state index in [0.29, 0.717) is 28.9 Å². The van der Waals surface area contributed by atoms with Crippen LogP contribution in [-0.4, -0.2) is 20.1 Å². The smallest absolute Gasteiger partial charge is 0.223 e. The van der Waals surface area contributed by atoms with Crippen molar-refractivity contribution in [3.8, 4) is 11.4 Å². The lowest BCUT2D eigenvalue weighted by molar-refractivity contribution is 0.394. The van der Waals surface area contributed by atoms with Gasteiger partial charge in [-0.15, -0.1) is 0 Å². The summed E-state index contributed by atoms with van der Waals surface area (Å²) in [5, 5.41) is 3.73. The molecule has 14 heavy (non-hydrogen) atoms. The molecule has 0 spiro atoms. The molecule has 6 heteroatoms. The van der Waals surface area contributed by atoms with E-state index in [9.17, 15) is 0 Å². The van der Waals surface area contributed by atoms with Gasteiger partial charge in [-0.25, -0.2) is 9.97 Å². The average Bonchev–Trinajstić information content (AvgIpc) is 2.51. The lowest BCUT2D eigenvalue weighted by atomic mass is 10.3. The van der Waals surface area contributed by atoms with Crippen LogP contribution in [0.1, 0.15) is 11.7 Å². The molecule has 0 atom stereocenters. The molecule has 0 aliphatic heterocycles. The number of hydrogen-bond acceptors (Lipinski definition) is 6. The highest BCUT2D eigenvalue weighted by Gasteiger charge is 2.10. The summed E-state index contributed by atoms with van der Waals surface area (Å²) in [6.07, 6.45) is 1.59. The molecule has 0 fully saturated rings. The molecule has 2 aromatic heterocycles. The van der Waals surface area contributed by atoms with Gasteiger partial charge in [0.25, 0.3) is 0 Å². The van der Waals surface area contributed by atoms with Crippen LogP contribution in [-0.2, 0) is 0 Å². The number of aromatic nitrogens is 4. The Hall–Kier alpha value is -1.98. The second-order valence-electron chi connectivity index (χ2n) is 2.85. The molecule has 6 nitrogen and oxygen atoms in total. The monoisotopic (exact) mass is 191 g/mol. The summed E-state index contributed by atoms with van der Waals surface area (Å²) in [5.41, 5.74) is 6.28. The fourth-order valence-electron chi connectivity index (χ4n) is 1.07. The van der Waals surface area contributed by atoms with Gasteiger partial charge >= 0.3 is 0 Å². The number of hydrogen-bond donors (Lipinski definition) is 1. The zero-order chi connectivity index (χ0) is 10.1. The third kappa shape index (κ3) is 1.41. The molecule has 2 N–H and O–H groups in total. The molecule has 0 bridgehead atoms. The van der Waals surface area contributed by atoms with Gasteiger partial charge in [-0.2, -0.15) is 4.98 Å². The summed E-state index contributed by atoms with van der Waals surface area (Å²) >= 11 is 0. The highest BCUT2D eigenvalue weighted by molar-refractivity contribution is 5.66. The Morgan fingerprint density at radius 2 is 2.07 bits per heavy atom. The first-order chi connectivity index (χ1) is 6.66. The molecule has 0 radical (unpaired) electrons. The van der Waals surface area contributed by atoms with Crippen molar-refractivity contribution in [3.05, 3.63) is 17.9 Å². The van der Waals surface area contributed by atoms with Gasteiger partial charge in [-0.1, -0.05) is 5.16 Å². The zero-order valence-electron chi connectivity index (χ0n) is 7.85. The molecule has 72 valence electrons. The average molecular weight is 191 g/mol. The maximum Gasteiger partial charge on any atom is 0.223 e.